The molecule has 7 heteroatoms. The zero-order chi connectivity index (χ0) is 15.7. The predicted octanol–water partition coefficient (Wildman–Crippen LogP) is 2.64. The molecule has 1 amide bonds. The SMILES string of the molecule is COC(=O)/C(C)=C/CN1C(=O)C(=O)c2c(Cl)ccc(Cl)c21. The summed E-state index contributed by atoms with van der Waals surface area (Å²) in [5.74, 6) is -1.94. The van der Waals surface area contributed by atoms with E-state index in [4.69, 9.17) is 23.2 Å². The van der Waals surface area contributed by atoms with Crippen LogP contribution in [0.2, 0.25) is 10.0 Å². The monoisotopic (exact) mass is 327 g/mol. The molecule has 21 heavy (non-hydrogen) atoms. The Morgan fingerprint density at radius 2 is 1.90 bits per heavy atom. The number of ether oxygens (including phenoxy) is 1. The summed E-state index contributed by atoms with van der Waals surface area (Å²) in [5, 5.41) is 0.418. The lowest BCUT2D eigenvalue weighted by Gasteiger charge is -2.16. The van der Waals surface area contributed by atoms with E-state index in [0.29, 0.717) is 5.57 Å². The van der Waals surface area contributed by atoms with E-state index < -0.39 is 17.7 Å². The van der Waals surface area contributed by atoms with Gasteiger partial charge in [-0.05, 0) is 19.1 Å². The van der Waals surface area contributed by atoms with E-state index in [1.54, 1.807) is 6.92 Å². The number of carbonyl (C=O) groups is 3. The number of ketones is 1. The van der Waals surface area contributed by atoms with Gasteiger partial charge in [0.15, 0.2) is 0 Å². The minimum Gasteiger partial charge on any atom is -0.466 e. The van der Waals surface area contributed by atoms with Crippen LogP contribution in [0.3, 0.4) is 0 Å². The van der Waals surface area contributed by atoms with Crippen LogP contribution in [0.5, 0.6) is 0 Å². The zero-order valence-electron chi connectivity index (χ0n) is 11.3. The van der Waals surface area contributed by atoms with Crippen LogP contribution >= 0.6 is 23.2 Å². The highest BCUT2D eigenvalue weighted by Gasteiger charge is 2.38. The maximum Gasteiger partial charge on any atom is 0.333 e. The highest BCUT2D eigenvalue weighted by molar-refractivity contribution is 6.57. The first kappa shape index (κ1) is 15.5. The summed E-state index contributed by atoms with van der Waals surface area (Å²) in [7, 11) is 1.26. The number of hydrogen-bond donors (Lipinski definition) is 0. The Hall–Kier alpha value is -1.85. The lowest BCUT2D eigenvalue weighted by molar-refractivity contribution is -0.136. The third-order valence-corrected chi connectivity index (χ3v) is 3.72. The van der Waals surface area contributed by atoms with Crippen LogP contribution in [0.4, 0.5) is 5.69 Å². The smallest absolute Gasteiger partial charge is 0.333 e. The van der Waals surface area contributed by atoms with Crippen molar-refractivity contribution in [3.63, 3.8) is 0 Å². The van der Waals surface area contributed by atoms with Gasteiger partial charge in [0, 0.05) is 12.1 Å². The Morgan fingerprint density at radius 3 is 2.52 bits per heavy atom. The molecule has 0 saturated carbocycles. The number of benzene rings is 1. The number of fused-ring (bicyclic) bond motifs is 1. The number of rotatable bonds is 3. The molecule has 0 atom stereocenters. The summed E-state index contributed by atoms with van der Waals surface area (Å²) < 4.78 is 4.56. The summed E-state index contributed by atoms with van der Waals surface area (Å²) in [6.07, 6.45) is 1.49. The van der Waals surface area contributed by atoms with Crippen LogP contribution in [0.15, 0.2) is 23.8 Å². The lowest BCUT2D eigenvalue weighted by Crippen LogP contribution is -2.30. The van der Waals surface area contributed by atoms with Crippen LogP contribution in [0, 0.1) is 0 Å². The summed E-state index contributed by atoms with van der Waals surface area (Å²) in [6, 6.07) is 2.98. The largest absolute Gasteiger partial charge is 0.466 e. The molecule has 5 nitrogen and oxygen atoms in total. The Labute approximate surface area is 131 Å². The first-order chi connectivity index (χ1) is 9.88. The molecule has 0 bridgehead atoms. The fraction of sp³-hybridized carbons (Fsp3) is 0.214. The number of hydrogen-bond acceptors (Lipinski definition) is 4. The molecule has 0 fully saturated rings. The van der Waals surface area contributed by atoms with Crippen LogP contribution in [-0.2, 0) is 14.3 Å². The van der Waals surface area contributed by atoms with Gasteiger partial charge in [-0.25, -0.2) is 4.79 Å². The summed E-state index contributed by atoms with van der Waals surface area (Å²) >= 11 is 12.0. The third-order valence-electron chi connectivity index (χ3n) is 3.10. The molecule has 0 saturated heterocycles. The Kier molecular flexibility index (Phi) is 4.34. The van der Waals surface area contributed by atoms with E-state index in [1.807, 2.05) is 0 Å². The number of nitrogens with zero attached hydrogens (tertiary/aromatic N) is 1. The van der Waals surface area contributed by atoms with Crippen molar-refractivity contribution in [3.05, 3.63) is 39.4 Å². The molecule has 1 heterocycles. The van der Waals surface area contributed by atoms with Gasteiger partial charge in [0.05, 0.1) is 28.4 Å². The maximum atomic E-state index is 12.0. The van der Waals surface area contributed by atoms with E-state index in [0.717, 1.165) is 0 Å². The van der Waals surface area contributed by atoms with Gasteiger partial charge >= 0.3 is 5.97 Å². The van der Waals surface area contributed by atoms with Gasteiger partial charge < -0.3 is 4.74 Å². The number of esters is 1. The Morgan fingerprint density at radius 1 is 1.29 bits per heavy atom. The Bertz CT molecular complexity index is 682. The molecule has 0 N–H and O–H groups in total. The minimum atomic E-state index is -0.728. The second-order valence-electron chi connectivity index (χ2n) is 4.38. The molecular formula is C14H11Cl2NO4. The van der Waals surface area contributed by atoms with Crippen molar-refractivity contribution >= 4 is 46.5 Å². The molecule has 0 radical (unpaired) electrons. The fourth-order valence-electron chi connectivity index (χ4n) is 2.00. The normalized spacial score (nSPS) is 14.5. The van der Waals surface area contributed by atoms with Gasteiger partial charge in [0.1, 0.15) is 0 Å². The highest BCUT2D eigenvalue weighted by Crippen LogP contribution is 2.39. The van der Waals surface area contributed by atoms with Gasteiger partial charge in [-0.2, -0.15) is 0 Å². The molecule has 0 spiro atoms. The number of methoxy groups -OCH3 is 1. The lowest BCUT2D eigenvalue weighted by atomic mass is 10.1. The quantitative estimate of drug-likeness (QED) is 0.486. The van der Waals surface area contributed by atoms with Crippen LogP contribution in [0.25, 0.3) is 0 Å². The number of anilines is 1. The second-order valence-corrected chi connectivity index (χ2v) is 5.19. The van der Waals surface area contributed by atoms with Gasteiger partial charge in [-0.15, -0.1) is 0 Å². The van der Waals surface area contributed by atoms with Gasteiger partial charge in [0.2, 0.25) is 0 Å². The van der Waals surface area contributed by atoms with Crippen molar-refractivity contribution in [1.82, 2.24) is 0 Å². The average Bonchev–Trinajstić information content (AvgIpc) is 2.73. The molecular weight excluding hydrogens is 317 g/mol. The van der Waals surface area contributed by atoms with E-state index in [2.05, 4.69) is 4.74 Å². The van der Waals surface area contributed by atoms with Crippen molar-refractivity contribution in [2.75, 3.05) is 18.6 Å². The van der Waals surface area contributed by atoms with Crippen molar-refractivity contribution in [1.29, 1.82) is 0 Å². The van der Waals surface area contributed by atoms with E-state index in [1.165, 1.54) is 30.2 Å². The van der Waals surface area contributed by atoms with E-state index in [-0.39, 0.29) is 27.8 Å². The second kappa shape index (κ2) is 5.87. The molecule has 1 aliphatic rings. The summed E-state index contributed by atoms with van der Waals surface area (Å²) in [6.45, 7) is 1.58. The topological polar surface area (TPSA) is 63.7 Å². The van der Waals surface area contributed by atoms with Crippen molar-refractivity contribution in [3.8, 4) is 0 Å². The van der Waals surface area contributed by atoms with Gasteiger partial charge in [-0.1, -0.05) is 29.3 Å². The van der Waals surface area contributed by atoms with Gasteiger partial charge in [-0.3, -0.25) is 14.5 Å². The number of carbonyl (C=O) groups excluding carboxylic acids is 3. The predicted molar refractivity (Wildman–Crippen MR) is 78.9 cm³/mol. The molecule has 0 aliphatic carbocycles. The molecule has 1 aliphatic heterocycles. The van der Waals surface area contributed by atoms with E-state index in [9.17, 15) is 14.4 Å². The first-order valence-corrected chi connectivity index (χ1v) is 6.73. The molecule has 110 valence electrons. The average molecular weight is 328 g/mol. The summed E-state index contributed by atoms with van der Waals surface area (Å²) in [4.78, 5) is 36.5. The van der Waals surface area contributed by atoms with E-state index >= 15 is 0 Å². The van der Waals surface area contributed by atoms with Crippen LogP contribution in [-0.4, -0.2) is 31.3 Å². The third kappa shape index (κ3) is 2.66. The maximum absolute atomic E-state index is 12.0. The zero-order valence-corrected chi connectivity index (χ0v) is 12.8. The fourth-order valence-corrected chi connectivity index (χ4v) is 2.50. The standard InChI is InChI=1S/C14H11Cl2NO4/c1-7(14(20)21-2)5-6-17-11-9(16)4-3-8(15)10(11)12(18)13(17)19/h3-5H,6H2,1-2H3/b7-5+. The van der Waals surface area contributed by atoms with Crippen molar-refractivity contribution in [2.24, 2.45) is 0 Å². The number of Topliss-reactive ketones (excluding diaryl/α,β-unsaturated/α-hetero) is 1. The minimum absolute atomic E-state index is 0.0264. The van der Waals surface area contributed by atoms with Crippen molar-refractivity contribution in [2.45, 2.75) is 6.92 Å². The number of amides is 1. The molecule has 0 aromatic heterocycles. The highest BCUT2D eigenvalue weighted by atomic mass is 35.5. The van der Waals surface area contributed by atoms with Crippen LogP contribution < -0.4 is 4.90 Å². The summed E-state index contributed by atoms with van der Waals surface area (Å²) in [5.41, 5.74) is 0.690. The molecule has 2 rings (SSSR count). The van der Waals surface area contributed by atoms with Crippen LogP contribution in [0.1, 0.15) is 17.3 Å². The Balaban J connectivity index is 2.40. The molecule has 0 unspecified atom stereocenters. The van der Waals surface area contributed by atoms with Gasteiger partial charge in [0.25, 0.3) is 11.7 Å². The number of halogens is 2. The van der Waals surface area contributed by atoms with Crippen molar-refractivity contribution < 1.29 is 19.1 Å². The molecule has 1 aromatic carbocycles. The first-order valence-electron chi connectivity index (χ1n) is 5.97. The molecule has 1 aromatic rings.